The van der Waals surface area contributed by atoms with Crippen LogP contribution in [0.5, 0.6) is 0 Å². The van der Waals surface area contributed by atoms with Gasteiger partial charge in [0.15, 0.2) is 0 Å². The summed E-state index contributed by atoms with van der Waals surface area (Å²) < 4.78 is 0. The van der Waals surface area contributed by atoms with Crippen molar-refractivity contribution in [2.75, 3.05) is 6.54 Å². The van der Waals surface area contributed by atoms with Crippen LogP contribution < -0.4 is 11.1 Å². The Morgan fingerprint density at radius 3 is 2.77 bits per heavy atom. The van der Waals surface area contributed by atoms with Crippen LogP contribution in [0, 0.1) is 12.8 Å². The van der Waals surface area contributed by atoms with Crippen molar-refractivity contribution < 1.29 is 4.79 Å². The zero-order chi connectivity index (χ0) is 16.4. The first-order chi connectivity index (χ1) is 10.2. The molecule has 0 spiro atoms. The molecular weight excluding hydrogens is 272 g/mol. The summed E-state index contributed by atoms with van der Waals surface area (Å²) in [6, 6.07) is 8.50. The number of rotatable bonds is 4. The lowest BCUT2D eigenvalue weighted by Crippen LogP contribution is -2.54. The van der Waals surface area contributed by atoms with Gasteiger partial charge < -0.3 is 11.1 Å². The SMILES string of the molecule is Cc1cccc(C(C)(C)CNC(=O)C2CCCCC2(C)N)c1. The van der Waals surface area contributed by atoms with Crippen molar-refractivity contribution in [2.45, 2.75) is 64.3 Å². The van der Waals surface area contributed by atoms with Gasteiger partial charge in [-0.15, -0.1) is 0 Å². The van der Waals surface area contributed by atoms with Crippen molar-refractivity contribution in [3.63, 3.8) is 0 Å². The van der Waals surface area contributed by atoms with E-state index >= 15 is 0 Å². The minimum Gasteiger partial charge on any atom is -0.355 e. The van der Waals surface area contributed by atoms with Crippen LogP contribution in [0.15, 0.2) is 24.3 Å². The first-order valence-electron chi connectivity index (χ1n) is 8.36. The second-order valence-electron chi connectivity index (χ2n) is 7.78. The first-order valence-corrected chi connectivity index (χ1v) is 8.36. The number of nitrogens with two attached hydrogens (primary N) is 1. The third kappa shape index (κ3) is 3.89. The van der Waals surface area contributed by atoms with E-state index in [1.165, 1.54) is 11.1 Å². The molecule has 1 amide bonds. The van der Waals surface area contributed by atoms with E-state index < -0.39 is 0 Å². The molecule has 22 heavy (non-hydrogen) atoms. The molecule has 2 unspecified atom stereocenters. The molecule has 1 fully saturated rings. The largest absolute Gasteiger partial charge is 0.355 e. The van der Waals surface area contributed by atoms with Gasteiger partial charge in [0.25, 0.3) is 0 Å². The normalized spacial score (nSPS) is 25.8. The fourth-order valence-corrected chi connectivity index (χ4v) is 3.39. The number of benzene rings is 1. The lowest BCUT2D eigenvalue weighted by molar-refractivity contribution is -0.128. The highest BCUT2D eigenvalue weighted by molar-refractivity contribution is 5.80. The summed E-state index contributed by atoms with van der Waals surface area (Å²) in [5.41, 5.74) is 8.39. The average molecular weight is 302 g/mol. The van der Waals surface area contributed by atoms with Crippen LogP contribution in [0.1, 0.15) is 57.6 Å². The van der Waals surface area contributed by atoms with E-state index in [0.717, 1.165) is 25.7 Å². The molecule has 1 aliphatic carbocycles. The van der Waals surface area contributed by atoms with Crippen molar-refractivity contribution in [1.82, 2.24) is 5.32 Å². The van der Waals surface area contributed by atoms with E-state index in [-0.39, 0.29) is 22.8 Å². The van der Waals surface area contributed by atoms with Crippen molar-refractivity contribution in [2.24, 2.45) is 11.7 Å². The number of amides is 1. The Labute approximate surface area is 134 Å². The van der Waals surface area contributed by atoms with Gasteiger partial charge in [-0.05, 0) is 32.3 Å². The second-order valence-corrected chi connectivity index (χ2v) is 7.78. The van der Waals surface area contributed by atoms with E-state index in [1.807, 2.05) is 6.92 Å². The third-order valence-electron chi connectivity index (χ3n) is 5.07. The second kappa shape index (κ2) is 6.41. The van der Waals surface area contributed by atoms with Crippen molar-refractivity contribution in [3.8, 4) is 0 Å². The number of aryl methyl sites for hydroxylation is 1. The summed E-state index contributed by atoms with van der Waals surface area (Å²) in [4.78, 5) is 12.6. The first kappa shape index (κ1) is 17.0. The quantitative estimate of drug-likeness (QED) is 0.896. The van der Waals surface area contributed by atoms with E-state index in [2.05, 4.69) is 50.4 Å². The highest BCUT2D eigenvalue weighted by Crippen LogP contribution is 2.32. The lowest BCUT2D eigenvalue weighted by Gasteiger charge is -2.38. The fraction of sp³-hybridized carbons (Fsp3) is 0.632. The van der Waals surface area contributed by atoms with Gasteiger partial charge in [-0.3, -0.25) is 4.79 Å². The highest BCUT2D eigenvalue weighted by Gasteiger charge is 2.38. The Hall–Kier alpha value is -1.35. The summed E-state index contributed by atoms with van der Waals surface area (Å²) in [5.74, 6) is 0.0555. The van der Waals surface area contributed by atoms with Gasteiger partial charge in [0, 0.05) is 17.5 Å². The summed E-state index contributed by atoms with van der Waals surface area (Å²) in [6.07, 6.45) is 4.08. The minimum atomic E-state index is -0.365. The Bertz CT molecular complexity index is 534. The van der Waals surface area contributed by atoms with Crippen LogP contribution in [0.2, 0.25) is 0 Å². The van der Waals surface area contributed by atoms with Gasteiger partial charge in [0.05, 0.1) is 5.92 Å². The smallest absolute Gasteiger partial charge is 0.224 e. The predicted molar refractivity (Wildman–Crippen MR) is 91.8 cm³/mol. The molecule has 3 heteroatoms. The van der Waals surface area contributed by atoms with Crippen molar-refractivity contribution in [1.29, 1.82) is 0 Å². The van der Waals surface area contributed by atoms with E-state index in [1.54, 1.807) is 0 Å². The third-order valence-corrected chi connectivity index (χ3v) is 5.07. The Kier molecular flexibility index (Phi) is 4.96. The molecular formula is C19H30N2O. The molecule has 0 aliphatic heterocycles. The van der Waals surface area contributed by atoms with Crippen LogP contribution in [0.4, 0.5) is 0 Å². The van der Waals surface area contributed by atoms with Crippen LogP contribution >= 0.6 is 0 Å². The van der Waals surface area contributed by atoms with Crippen molar-refractivity contribution >= 4 is 5.91 Å². The molecule has 1 aliphatic rings. The molecule has 122 valence electrons. The zero-order valence-corrected chi connectivity index (χ0v) is 14.4. The van der Waals surface area contributed by atoms with Crippen LogP contribution in [0.3, 0.4) is 0 Å². The fourth-order valence-electron chi connectivity index (χ4n) is 3.39. The molecule has 3 N–H and O–H groups in total. The predicted octanol–water partition coefficient (Wildman–Crippen LogP) is 3.30. The Balaban J connectivity index is 2.00. The maximum absolute atomic E-state index is 12.6. The topological polar surface area (TPSA) is 55.1 Å². The summed E-state index contributed by atoms with van der Waals surface area (Å²) in [6.45, 7) is 9.10. The summed E-state index contributed by atoms with van der Waals surface area (Å²) >= 11 is 0. The molecule has 1 aromatic rings. The molecule has 0 radical (unpaired) electrons. The van der Waals surface area contributed by atoms with E-state index in [4.69, 9.17) is 5.73 Å². The molecule has 0 saturated heterocycles. The number of hydrogen-bond acceptors (Lipinski definition) is 2. The number of hydrogen-bond donors (Lipinski definition) is 2. The van der Waals surface area contributed by atoms with E-state index in [9.17, 15) is 4.79 Å². The molecule has 0 heterocycles. The maximum atomic E-state index is 12.6. The molecule has 0 aromatic heterocycles. The number of nitrogens with one attached hydrogen (secondary N) is 1. The minimum absolute atomic E-state index is 0.0606. The standard InChI is InChI=1S/C19H30N2O/c1-14-8-7-9-15(12-14)18(2,3)13-21-17(22)16-10-5-6-11-19(16,4)20/h7-9,12,16H,5-6,10-11,13,20H2,1-4H3,(H,21,22). The van der Waals surface area contributed by atoms with Crippen LogP contribution in [-0.2, 0) is 10.2 Å². The van der Waals surface area contributed by atoms with Crippen LogP contribution in [-0.4, -0.2) is 18.0 Å². The Morgan fingerprint density at radius 1 is 1.41 bits per heavy atom. The molecule has 0 bridgehead atoms. The highest BCUT2D eigenvalue weighted by atomic mass is 16.1. The van der Waals surface area contributed by atoms with Gasteiger partial charge >= 0.3 is 0 Å². The molecule has 3 nitrogen and oxygen atoms in total. The van der Waals surface area contributed by atoms with Gasteiger partial charge in [0.2, 0.25) is 5.91 Å². The molecule has 1 aromatic carbocycles. The Morgan fingerprint density at radius 2 is 2.14 bits per heavy atom. The summed E-state index contributed by atoms with van der Waals surface area (Å²) in [7, 11) is 0. The molecule has 2 atom stereocenters. The molecule has 2 rings (SSSR count). The molecule has 1 saturated carbocycles. The average Bonchev–Trinajstić information content (AvgIpc) is 2.44. The van der Waals surface area contributed by atoms with Crippen LogP contribution in [0.25, 0.3) is 0 Å². The maximum Gasteiger partial charge on any atom is 0.224 e. The van der Waals surface area contributed by atoms with Gasteiger partial charge in [-0.25, -0.2) is 0 Å². The van der Waals surface area contributed by atoms with Gasteiger partial charge in [-0.1, -0.05) is 56.5 Å². The number of carbonyl (C=O) groups is 1. The zero-order valence-electron chi connectivity index (χ0n) is 14.4. The van der Waals surface area contributed by atoms with Gasteiger partial charge in [-0.2, -0.15) is 0 Å². The number of carbonyl (C=O) groups excluding carboxylic acids is 1. The van der Waals surface area contributed by atoms with Crippen molar-refractivity contribution in [3.05, 3.63) is 35.4 Å². The summed E-state index contributed by atoms with van der Waals surface area (Å²) in [5, 5.41) is 3.15. The van der Waals surface area contributed by atoms with Gasteiger partial charge in [0.1, 0.15) is 0 Å². The monoisotopic (exact) mass is 302 g/mol. The lowest BCUT2D eigenvalue weighted by atomic mass is 9.74. The van der Waals surface area contributed by atoms with E-state index in [0.29, 0.717) is 6.54 Å².